The number of nitrogens with one attached hydrogen (secondary N) is 1. The Kier molecular flexibility index (Phi) is 5.57. The molecule has 118 valence electrons. The maximum atomic E-state index is 12.4. The van der Waals surface area contributed by atoms with Crippen molar-refractivity contribution >= 4 is 15.9 Å². The number of hydrogen-bond acceptors (Lipinski definition) is 4. The third-order valence-corrected chi connectivity index (χ3v) is 5.52. The van der Waals surface area contributed by atoms with E-state index in [4.69, 9.17) is 4.74 Å². The van der Waals surface area contributed by atoms with Gasteiger partial charge in [-0.05, 0) is 19.8 Å². The van der Waals surface area contributed by atoms with E-state index < -0.39 is 16.1 Å². The van der Waals surface area contributed by atoms with Crippen LogP contribution in [0.15, 0.2) is 0 Å². The van der Waals surface area contributed by atoms with Gasteiger partial charge >= 0.3 is 0 Å². The molecule has 0 unspecified atom stereocenters. The zero-order chi connectivity index (χ0) is 15.6. The van der Waals surface area contributed by atoms with Crippen molar-refractivity contribution in [3.8, 4) is 0 Å². The van der Waals surface area contributed by atoms with Crippen LogP contribution in [0.25, 0.3) is 0 Å². The molecular weight excluding hydrogens is 280 g/mol. The van der Waals surface area contributed by atoms with Crippen LogP contribution in [0.2, 0.25) is 0 Å². The van der Waals surface area contributed by atoms with E-state index in [0.717, 1.165) is 19.1 Å². The molecule has 0 aliphatic carbocycles. The number of nitrogens with zero attached hydrogens (tertiary/aromatic N) is 1. The Labute approximate surface area is 121 Å². The van der Waals surface area contributed by atoms with Gasteiger partial charge in [-0.25, -0.2) is 8.42 Å². The molecule has 1 aliphatic rings. The zero-order valence-corrected chi connectivity index (χ0v) is 13.8. The highest BCUT2D eigenvalue weighted by Crippen LogP contribution is 2.24. The van der Waals surface area contributed by atoms with E-state index in [9.17, 15) is 13.2 Å². The third kappa shape index (κ3) is 3.93. The number of carbonyl (C=O) groups is 1. The van der Waals surface area contributed by atoms with E-state index >= 15 is 0 Å². The first-order valence-electron chi connectivity index (χ1n) is 6.98. The van der Waals surface area contributed by atoms with Crippen molar-refractivity contribution in [2.24, 2.45) is 0 Å². The van der Waals surface area contributed by atoms with Crippen LogP contribution in [0.3, 0.4) is 0 Å². The fourth-order valence-corrected chi connectivity index (χ4v) is 3.43. The lowest BCUT2D eigenvalue weighted by Gasteiger charge is -2.31. The number of carbonyl (C=O) groups excluding carboxylic acids is 1. The van der Waals surface area contributed by atoms with E-state index in [1.807, 2.05) is 20.8 Å². The molecular formula is C13H26N2O4S. The van der Waals surface area contributed by atoms with Gasteiger partial charge < -0.3 is 10.1 Å². The van der Waals surface area contributed by atoms with Gasteiger partial charge in [0.15, 0.2) is 0 Å². The third-order valence-electron chi connectivity index (χ3n) is 4.26. The van der Waals surface area contributed by atoms with E-state index in [-0.39, 0.29) is 24.1 Å². The quantitative estimate of drug-likeness (QED) is 0.785. The maximum Gasteiger partial charge on any atom is 0.238 e. The highest BCUT2D eigenvalue weighted by Gasteiger charge is 2.43. The highest BCUT2D eigenvalue weighted by molar-refractivity contribution is 7.88. The summed E-state index contributed by atoms with van der Waals surface area (Å²) in [5.74, 6) is -0.235. The second kappa shape index (κ2) is 6.41. The molecule has 1 heterocycles. The summed E-state index contributed by atoms with van der Waals surface area (Å²) in [5.41, 5.74) is -0.300. The van der Waals surface area contributed by atoms with Crippen molar-refractivity contribution in [1.29, 1.82) is 0 Å². The summed E-state index contributed by atoms with van der Waals surface area (Å²) in [4.78, 5) is 12.4. The standard InChI is InChI=1S/C13H26N2O4S/c1-6-13(3,7-2)14-12(16)11-8-10(19-4)9-15(11)20(5,17)18/h10-11H,6-9H2,1-5H3,(H,14,16)/t10-,11+/m0/s1. The molecule has 0 bridgehead atoms. The van der Waals surface area contributed by atoms with Crippen LogP contribution in [0.1, 0.15) is 40.0 Å². The molecule has 1 fully saturated rings. The van der Waals surface area contributed by atoms with Gasteiger partial charge in [-0.1, -0.05) is 13.8 Å². The van der Waals surface area contributed by atoms with Crippen LogP contribution >= 0.6 is 0 Å². The fraction of sp³-hybridized carbons (Fsp3) is 0.923. The lowest BCUT2D eigenvalue weighted by molar-refractivity contribution is -0.126. The van der Waals surface area contributed by atoms with Gasteiger partial charge in [0.1, 0.15) is 6.04 Å². The SMILES string of the molecule is CCC(C)(CC)NC(=O)[C@H]1C[C@H](OC)CN1S(C)(=O)=O. The largest absolute Gasteiger partial charge is 0.380 e. The van der Waals surface area contributed by atoms with Gasteiger partial charge in [0.25, 0.3) is 0 Å². The Morgan fingerprint density at radius 3 is 2.35 bits per heavy atom. The maximum absolute atomic E-state index is 12.4. The Bertz CT molecular complexity index is 445. The van der Waals surface area contributed by atoms with Gasteiger partial charge in [0.2, 0.25) is 15.9 Å². The fourth-order valence-electron chi connectivity index (χ4n) is 2.35. The Balaban J connectivity index is 2.89. The Morgan fingerprint density at radius 1 is 1.40 bits per heavy atom. The van der Waals surface area contributed by atoms with Crippen molar-refractivity contribution in [2.75, 3.05) is 19.9 Å². The molecule has 1 amide bonds. The highest BCUT2D eigenvalue weighted by atomic mass is 32.2. The molecule has 1 aliphatic heterocycles. The van der Waals surface area contributed by atoms with E-state index in [2.05, 4.69) is 5.32 Å². The molecule has 0 spiro atoms. The molecule has 1 saturated heterocycles. The van der Waals surface area contributed by atoms with Crippen molar-refractivity contribution in [3.63, 3.8) is 0 Å². The number of rotatable bonds is 6. The first kappa shape index (κ1) is 17.4. The van der Waals surface area contributed by atoms with Gasteiger partial charge in [-0.15, -0.1) is 0 Å². The predicted octanol–water partition coefficient (Wildman–Crippen LogP) is 0.730. The summed E-state index contributed by atoms with van der Waals surface area (Å²) in [7, 11) is -1.88. The number of methoxy groups -OCH3 is 1. The summed E-state index contributed by atoms with van der Waals surface area (Å²) in [6, 6.07) is -0.674. The molecule has 2 atom stereocenters. The average molecular weight is 306 g/mol. The molecule has 6 nitrogen and oxygen atoms in total. The van der Waals surface area contributed by atoms with E-state index in [1.54, 1.807) is 0 Å². The second-order valence-corrected chi connectivity index (χ2v) is 7.63. The summed E-state index contributed by atoms with van der Waals surface area (Å²) in [6.45, 7) is 6.22. The second-order valence-electron chi connectivity index (χ2n) is 5.70. The molecule has 1 rings (SSSR count). The van der Waals surface area contributed by atoms with Crippen LogP contribution in [-0.4, -0.2) is 56.2 Å². The minimum atomic E-state index is -3.42. The minimum Gasteiger partial charge on any atom is -0.380 e. The summed E-state index contributed by atoms with van der Waals surface area (Å²) >= 11 is 0. The molecule has 1 N–H and O–H groups in total. The molecule has 7 heteroatoms. The summed E-state index contributed by atoms with van der Waals surface area (Å²) in [6.07, 6.45) is 2.90. The van der Waals surface area contributed by atoms with Crippen LogP contribution in [0.4, 0.5) is 0 Å². The summed E-state index contributed by atoms with van der Waals surface area (Å²) in [5, 5.41) is 2.98. The molecule has 0 aromatic carbocycles. The average Bonchev–Trinajstić information content (AvgIpc) is 2.82. The minimum absolute atomic E-state index is 0.227. The Hall–Kier alpha value is -0.660. The van der Waals surface area contributed by atoms with Crippen LogP contribution in [0.5, 0.6) is 0 Å². The normalized spacial score (nSPS) is 24.9. The number of hydrogen-bond donors (Lipinski definition) is 1. The van der Waals surface area contributed by atoms with Crippen molar-refractivity contribution < 1.29 is 17.9 Å². The lowest BCUT2D eigenvalue weighted by Crippen LogP contribution is -2.53. The van der Waals surface area contributed by atoms with Crippen molar-refractivity contribution in [2.45, 2.75) is 57.7 Å². The first-order valence-corrected chi connectivity index (χ1v) is 8.83. The monoisotopic (exact) mass is 306 g/mol. The van der Waals surface area contributed by atoms with Crippen molar-refractivity contribution in [3.05, 3.63) is 0 Å². The van der Waals surface area contributed by atoms with Crippen molar-refractivity contribution in [1.82, 2.24) is 9.62 Å². The van der Waals surface area contributed by atoms with Crippen LogP contribution in [-0.2, 0) is 19.6 Å². The summed E-state index contributed by atoms with van der Waals surface area (Å²) < 4.78 is 30.1. The topological polar surface area (TPSA) is 75.7 Å². The van der Waals surface area contributed by atoms with Crippen LogP contribution in [0, 0.1) is 0 Å². The molecule has 0 aromatic heterocycles. The number of sulfonamides is 1. The number of ether oxygens (including phenoxy) is 1. The smallest absolute Gasteiger partial charge is 0.238 e. The lowest BCUT2D eigenvalue weighted by atomic mass is 9.95. The molecule has 0 saturated carbocycles. The van der Waals surface area contributed by atoms with Gasteiger partial charge in [0.05, 0.1) is 12.4 Å². The Morgan fingerprint density at radius 2 is 1.95 bits per heavy atom. The molecule has 20 heavy (non-hydrogen) atoms. The van der Waals surface area contributed by atoms with Gasteiger partial charge in [-0.2, -0.15) is 4.31 Å². The molecule has 0 radical (unpaired) electrons. The zero-order valence-electron chi connectivity index (χ0n) is 13.0. The molecule has 0 aromatic rings. The van der Waals surface area contributed by atoms with E-state index in [1.165, 1.54) is 11.4 Å². The predicted molar refractivity (Wildman–Crippen MR) is 77.9 cm³/mol. The van der Waals surface area contributed by atoms with Crippen LogP contribution < -0.4 is 5.32 Å². The first-order chi connectivity index (χ1) is 9.16. The number of amides is 1. The van der Waals surface area contributed by atoms with Gasteiger partial charge in [0, 0.05) is 25.6 Å². The van der Waals surface area contributed by atoms with E-state index in [0.29, 0.717) is 6.42 Å². The van der Waals surface area contributed by atoms with Gasteiger partial charge in [-0.3, -0.25) is 4.79 Å².